The van der Waals surface area contributed by atoms with Gasteiger partial charge in [0.15, 0.2) is 0 Å². The first kappa shape index (κ1) is 12.6. The molecular formula is C13H11BrN2O2. The minimum absolute atomic E-state index is 0.0663. The van der Waals surface area contributed by atoms with E-state index >= 15 is 0 Å². The Morgan fingerprint density at radius 3 is 2.83 bits per heavy atom. The Balaban J connectivity index is 2.25. The van der Waals surface area contributed by atoms with Gasteiger partial charge in [0, 0.05) is 10.7 Å². The number of aryl methyl sites for hydroxylation is 1. The molecule has 0 bridgehead atoms. The summed E-state index contributed by atoms with van der Waals surface area (Å²) in [4.78, 5) is 16.1. The van der Waals surface area contributed by atoms with Crippen molar-refractivity contribution in [3.05, 3.63) is 52.3 Å². The minimum atomic E-state index is -0.365. The van der Waals surface area contributed by atoms with E-state index in [0.29, 0.717) is 10.2 Å². The maximum atomic E-state index is 12.0. The first-order valence-electron chi connectivity index (χ1n) is 5.29. The first-order chi connectivity index (χ1) is 8.58. The molecule has 92 valence electrons. The minimum Gasteiger partial charge on any atom is -0.507 e. The normalized spacial score (nSPS) is 10.1. The zero-order chi connectivity index (χ0) is 13.1. The summed E-state index contributed by atoms with van der Waals surface area (Å²) in [6, 6.07) is 8.23. The van der Waals surface area contributed by atoms with Crippen LogP contribution >= 0.6 is 15.9 Å². The van der Waals surface area contributed by atoms with Crippen molar-refractivity contribution in [2.75, 3.05) is 5.32 Å². The smallest absolute Gasteiger partial charge is 0.259 e. The van der Waals surface area contributed by atoms with Crippen LogP contribution in [0.3, 0.4) is 0 Å². The number of aromatic nitrogens is 1. The Morgan fingerprint density at radius 2 is 2.17 bits per heavy atom. The lowest BCUT2D eigenvalue weighted by Crippen LogP contribution is -2.13. The van der Waals surface area contributed by atoms with E-state index in [1.165, 1.54) is 6.07 Å². The number of rotatable bonds is 2. The maximum Gasteiger partial charge on any atom is 0.259 e. The molecular weight excluding hydrogens is 296 g/mol. The maximum absolute atomic E-state index is 12.0. The third-order valence-corrected chi connectivity index (χ3v) is 2.95. The van der Waals surface area contributed by atoms with Crippen LogP contribution < -0.4 is 5.32 Å². The fourth-order valence-corrected chi connectivity index (χ4v) is 1.85. The van der Waals surface area contributed by atoms with Gasteiger partial charge >= 0.3 is 0 Å². The Bertz CT molecular complexity index is 599. The quantitative estimate of drug-likeness (QED) is 0.896. The first-order valence-corrected chi connectivity index (χ1v) is 6.08. The number of aromatic hydroxyl groups is 1. The summed E-state index contributed by atoms with van der Waals surface area (Å²) in [6.07, 6.45) is 1.65. The Labute approximate surface area is 113 Å². The van der Waals surface area contributed by atoms with Crippen LogP contribution in [0.4, 0.5) is 5.69 Å². The van der Waals surface area contributed by atoms with Crippen LogP contribution in [0, 0.1) is 6.92 Å². The molecule has 1 heterocycles. The van der Waals surface area contributed by atoms with Crippen LogP contribution in [0.2, 0.25) is 0 Å². The molecule has 0 unspecified atom stereocenters. The lowest BCUT2D eigenvalue weighted by atomic mass is 10.2. The van der Waals surface area contributed by atoms with Crippen molar-refractivity contribution < 1.29 is 9.90 Å². The summed E-state index contributed by atoms with van der Waals surface area (Å²) < 4.78 is 0.717. The zero-order valence-electron chi connectivity index (χ0n) is 9.64. The molecule has 5 heteroatoms. The molecule has 0 fully saturated rings. The third kappa shape index (κ3) is 2.68. The van der Waals surface area contributed by atoms with Gasteiger partial charge in [-0.3, -0.25) is 9.78 Å². The van der Waals surface area contributed by atoms with E-state index in [9.17, 15) is 9.90 Å². The Morgan fingerprint density at radius 1 is 1.39 bits per heavy atom. The van der Waals surface area contributed by atoms with E-state index < -0.39 is 0 Å². The summed E-state index contributed by atoms with van der Waals surface area (Å²) in [5, 5.41) is 12.4. The van der Waals surface area contributed by atoms with Gasteiger partial charge in [-0.15, -0.1) is 0 Å². The Hall–Kier alpha value is -1.88. The fourth-order valence-electron chi connectivity index (χ4n) is 1.50. The predicted molar refractivity (Wildman–Crippen MR) is 72.7 cm³/mol. The number of benzene rings is 1. The number of phenols is 1. The molecule has 0 aliphatic carbocycles. The van der Waals surface area contributed by atoms with Gasteiger partial charge in [-0.25, -0.2) is 0 Å². The molecule has 0 radical (unpaired) electrons. The number of amides is 1. The molecule has 0 saturated carbocycles. The number of phenolic OH excluding ortho intramolecular Hbond substituents is 1. The molecule has 0 aliphatic rings. The van der Waals surface area contributed by atoms with Gasteiger partial charge in [0.25, 0.3) is 5.91 Å². The van der Waals surface area contributed by atoms with Gasteiger partial charge in [-0.2, -0.15) is 0 Å². The van der Waals surface area contributed by atoms with Crippen molar-refractivity contribution in [2.45, 2.75) is 6.92 Å². The second-order valence-corrected chi connectivity index (χ2v) is 4.67. The van der Waals surface area contributed by atoms with Crippen LogP contribution in [0.15, 0.2) is 41.0 Å². The van der Waals surface area contributed by atoms with Crippen molar-refractivity contribution in [1.82, 2.24) is 4.98 Å². The van der Waals surface area contributed by atoms with Crippen LogP contribution in [-0.4, -0.2) is 16.0 Å². The topological polar surface area (TPSA) is 62.2 Å². The lowest BCUT2D eigenvalue weighted by Gasteiger charge is -2.08. The van der Waals surface area contributed by atoms with Crippen molar-refractivity contribution >= 4 is 27.5 Å². The average molecular weight is 307 g/mol. The zero-order valence-corrected chi connectivity index (χ0v) is 11.2. The van der Waals surface area contributed by atoms with E-state index in [-0.39, 0.29) is 17.2 Å². The molecule has 2 aromatic rings. The number of nitrogens with zero attached hydrogens (tertiary/aromatic N) is 1. The largest absolute Gasteiger partial charge is 0.507 e. The van der Waals surface area contributed by atoms with Crippen LogP contribution in [-0.2, 0) is 0 Å². The van der Waals surface area contributed by atoms with Crippen molar-refractivity contribution in [1.29, 1.82) is 0 Å². The summed E-state index contributed by atoms with van der Waals surface area (Å²) >= 11 is 3.22. The van der Waals surface area contributed by atoms with Crippen LogP contribution in [0.1, 0.15) is 16.1 Å². The number of carbonyl (C=O) groups excluding carboxylic acids is 1. The number of nitrogens with one attached hydrogen (secondary N) is 1. The average Bonchev–Trinajstić information content (AvgIpc) is 2.32. The molecule has 0 aliphatic heterocycles. The van der Waals surface area contributed by atoms with Crippen molar-refractivity contribution in [3.8, 4) is 5.75 Å². The fraction of sp³-hybridized carbons (Fsp3) is 0.0769. The molecule has 1 aromatic carbocycles. The van der Waals surface area contributed by atoms with Gasteiger partial charge in [-0.1, -0.05) is 15.9 Å². The molecule has 18 heavy (non-hydrogen) atoms. The molecule has 2 rings (SSSR count). The second kappa shape index (κ2) is 5.18. The number of hydrogen-bond acceptors (Lipinski definition) is 3. The molecule has 0 atom stereocenters. The number of pyridine rings is 1. The highest BCUT2D eigenvalue weighted by Crippen LogP contribution is 2.23. The van der Waals surface area contributed by atoms with E-state index in [2.05, 4.69) is 26.2 Å². The molecule has 4 nitrogen and oxygen atoms in total. The molecule has 0 saturated heterocycles. The molecule has 1 amide bonds. The summed E-state index contributed by atoms with van der Waals surface area (Å²) in [7, 11) is 0. The number of carbonyl (C=O) groups is 1. The van der Waals surface area contributed by atoms with E-state index in [1.54, 1.807) is 37.4 Å². The van der Waals surface area contributed by atoms with Gasteiger partial charge in [-0.05, 0) is 37.3 Å². The van der Waals surface area contributed by atoms with Crippen LogP contribution in [0.5, 0.6) is 5.75 Å². The van der Waals surface area contributed by atoms with E-state index in [4.69, 9.17) is 0 Å². The summed E-state index contributed by atoms with van der Waals surface area (Å²) in [5.74, 6) is -0.431. The van der Waals surface area contributed by atoms with Crippen molar-refractivity contribution in [3.63, 3.8) is 0 Å². The molecule has 2 N–H and O–H groups in total. The van der Waals surface area contributed by atoms with Crippen molar-refractivity contribution in [2.24, 2.45) is 0 Å². The number of anilines is 1. The van der Waals surface area contributed by atoms with Gasteiger partial charge < -0.3 is 10.4 Å². The van der Waals surface area contributed by atoms with E-state index in [1.807, 2.05) is 0 Å². The van der Waals surface area contributed by atoms with Gasteiger partial charge in [0.1, 0.15) is 5.75 Å². The standard InChI is InChI=1S/C13H11BrN2O2/c1-8-11(3-2-6-15-8)16-13(18)10-5-4-9(14)7-12(10)17/h2-7,17H,1H3,(H,16,18). The van der Waals surface area contributed by atoms with E-state index in [0.717, 1.165) is 5.69 Å². The lowest BCUT2D eigenvalue weighted by molar-refractivity contribution is 0.102. The number of halogens is 1. The van der Waals surface area contributed by atoms with Gasteiger partial charge in [0.05, 0.1) is 16.9 Å². The highest BCUT2D eigenvalue weighted by atomic mass is 79.9. The summed E-state index contributed by atoms with van der Waals surface area (Å²) in [6.45, 7) is 1.80. The third-order valence-electron chi connectivity index (χ3n) is 2.46. The molecule has 1 aromatic heterocycles. The molecule has 0 spiro atoms. The highest BCUT2D eigenvalue weighted by molar-refractivity contribution is 9.10. The Kier molecular flexibility index (Phi) is 3.62. The predicted octanol–water partition coefficient (Wildman–Crippen LogP) is 3.11. The van der Waals surface area contributed by atoms with Crippen LogP contribution in [0.25, 0.3) is 0 Å². The summed E-state index contributed by atoms with van der Waals surface area (Å²) in [5.41, 5.74) is 1.58. The SMILES string of the molecule is Cc1ncccc1NC(=O)c1ccc(Br)cc1O. The second-order valence-electron chi connectivity index (χ2n) is 3.75. The number of hydrogen-bond donors (Lipinski definition) is 2. The highest BCUT2D eigenvalue weighted by Gasteiger charge is 2.12. The van der Waals surface area contributed by atoms with Gasteiger partial charge in [0.2, 0.25) is 0 Å². The monoisotopic (exact) mass is 306 g/mol.